The molecule has 0 fully saturated rings. The monoisotopic (exact) mass is 389 g/mol. The van der Waals surface area contributed by atoms with E-state index in [1.807, 2.05) is 6.07 Å². The number of ether oxygens (including phenoxy) is 2. The lowest BCUT2D eigenvalue weighted by Gasteiger charge is -2.26. The molecule has 0 radical (unpaired) electrons. The molecule has 2 aromatic rings. The second-order valence-corrected chi connectivity index (χ2v) is 8.08. The first-order valence-electron chi connectivity index (χ1n) is 8.50. The average molecular weight is 389 g/mol. The van der Waals surface area contributed by atoms with Gasteiger partial charge in [-0.25, -0.2) is 4.31 Å². The molecule has 8 nitrogen and oxygen atoms in total. The Morgan fingerprint density at radius 2 is 1.78 bits per heavy atom. The maximum absolute atomic E-state index is 12.6. The normalized spacial score (nSPS) is 19.5. The molecule has 142 valence electrons. The van der Waals surface area contributed by atoms with Gasteiger partial charge in [0.1, 0.15) is 6.61 Å². The molecule has 27 heavy (non-hydrogen) atoms. The fourth-order valence-electron chi connectivity index (χ4n) is 3.12. The molecule has 0 aliphatic carbocycles. The van der Waals surface area contributed by atoms with Crippen LogP contribution in [0.4, 0.5) is 11.4 Å². The summed E-state index contributed by atoms with van der Waals surface area (Å²) in [5.74, 6) is 0.772. The quantitative estimate of drug-likeness (QED) is 0.847. The third kappa shape index (κ3) is 3.03. The van der Waals surface area contributed by atoms with Gasteiger partial charge in [0.15, 0.2) is 11.5 Å². The van der Waals surface area contributed by atoms with Crippen LogP contribution in [0.3, 0.4) is 0 Å². The number of carbonyl (C=O) groups is 1. The Bertz CT molecular complexity index is 978. The van der Waals surface area contributed by atoms with Crippen molar-refractivity contribution in [2.45, 2.75) is 6.10 Å². The third-order valence-corrected chi connectivity index (χ3v) is 6.35. The molecule has 0 saturated carbocycles. The molecule has 0 saturated heterocycles. The maximum atomic E-state index is 12.6. The summed E-state index contributed by atoms with van der Waals surface area (Å²) in [7, 11) is -2.12. The molecule has 0 aromatic heterocycles. The summed E-state index contributed by atoms with van der Waals surface area (Å²) in [5, 5.41) is 2.72. The van der Waals surface area contributed by atoms with Gasteiger partial charge in [-0.1, -0.05) is 24.3 Å². The van der Waals surface area contributed by atoms with E-state index < -0.39 is 16.3 Å². The number of amides is 1. The van der Waals surface area contributed by atoms with Gasteiger partial charge in [0.25, 0.3) is 5.91 Å². The summed E-state index contributed by atoms with van der Waals surface area (Å²) < 4.78 is 38.8. The molecule has 0 bridgehead atoms. The molecule has 1 amide bonds. The molecule has 2 aromatic carbocycles. The predicted molar refractivity (Wildman–Crippen MR) is 100 cm³/mol. The highest BCUT2D eigenvalue weighted by Gasteiger charge is 2.37. The average Bonchev–Trinajstić information content (AvgIpc) is 2.88. The Morgan fingerprint density at radius 3 is 2.56 bits per heavy atom. The van der Waals surface area contributed by atoms with Crippen LogP contribution in [-0.4, -0.2) is 47.2 Å². The zero-order chi connectivity index (χ0) is 19.0. The van der Waals surface area contributed by atoms with Gasteiger partial charge < -0.3 is 14.8 Å². The largest absolute Gasteiger partial charge is 0.485 e. The van der Waals surface area contributed by atoms with E-state index >= 15 is 0 Å². The summed E-state index contributed by atoms with van der Waals surface area (Å²) in [4.78, 5) is 12.4. The van der Waals surface area contributed by atoms with Gasteiger partial charge in [0.05, 0.1) is 17.9 Å². The number of fused-ring (bicyclic) bond motifs is 2. The Labute approximate surface area is 157 Å². The van der Waals surface area contributed by atoms with Crippen molar-refractivity contribution < 1.29 is 22.7 Å². The van der Waals surface area contributed by atoms with Gasteiger partial charge in [-0.15, -0.1) is 0 Å². The zero-order valence-corrected chi connectivity index (χ0v) is 15.5. The Balaban J connectivity index is 1.38. The third-order valence-electron chi connectivity index (χ3n) is 4.53. The molecule has 1 atom stereocenters. The van der Waals surface area contributed by atoms with Crippen molar-refractivity contribution in [1.29, 1.82) is 0 Å². The van der Waals surface area contributed by atoms with Gasteiger partial charge in [0, 0.05) is 13.6 Å². The lowest BCUT2D eigenvalue weighted by atomic mass is 10.2. The smallest absolute Gasteiger partial charge is 0.326 e. The molecule has 1 unspecified atom stereocenters. The van der Waals surface area contributed by atoms with E-state index in [4.69, 9.17) is 9.47 Å². The fourth-order valence-corrected chi connectivity index (χ4v) is 4.54. The fraction of sp³-hybridized carbons (Fsp3) is 0.278. The number of hydrogen-bond acceptors (Lipinski definition) is 5. The van der Waals surface area contributed by atoms with Gasteiger partial charge in [-0.3, -0.25) is 9.10 Å². The van der Waals surface area contributed by atoms with Crippen LogP contribution in [0.25, 0.3) is 0 Å². The number of nitrogens with zero attached hydrogens (tertiary/aromatic N) is 2. The van der Waals surface area contributed by atoms with E-state index in [-0.39, 0.29) is 25.6 Å². The van der Waals surface area contributed by atoms with E-state index in [0.29, 0.717) is 22.9 Å². The molecule has 4 rings (SSSR count). The van der Waals surface area contributed by atoms with Crippen molar-refractivity contribution in [3.8, 4) is 11.5 Å². The van der Waals surface area contributed by atoms with Gasteiger partial charge in [-0.05, 0) is 24.3 Å². The van der Waals surface area contributed by atoms with Crippen molar-refractivity contribution in [3.05, 3.63) is 48.5 Å². The van der Waals surface area contributed by atoms with E-state index in [1.165, 1.54) is 15.7 Å². The minimum Gasteiger partial charge on any atom is -0.485 e. The standard InChI is InChI=1S/C18H19N3O5S/c1-20-13-6-2-3-7-14(13)21(27(20,23)24)11-10-19-18(22)17-12-25-15-8-4-5-9-16(15)26-17/h2-9,17H,10-12H2,1H3,(H,19,22). The summed E-state index contributed by atoms with van der Waals surface area (Å²) in [5.41, 5.74) is 1.21. The highest BCUT2D eigenvalue weighted by Crippen LogP contribution is 2.39. The van der Waals surface area contributed by atoms with Crippen molar-refractivity contribution >= 4 is 27.5 Å². The predicted octanol–water partition coefficient (Wildman–Crippen LogP) is 1.14. The summed E-state index contributed by atoms with van der Waals surface area (Å²) in [6.07, 6.45) is -0.773. The lowest BCUT2D eigenvalue weighted by molar-refractivity contribution is -0.130. The van der Waals surface area contributed by atoms with Crippen molar-refractivity contribution in [1.82, 2.24) is 5.32 Å². The van der Waals surface area contributed by atoms with Crippen LogP contribution in [0.15, 0.2) is 48.5 Å². The lowest BCUT2D eigenvalue weighted by Crippen LogP contribution is -2.47. The summed E-state index contributed by atoms with van der Waals surface area (Å²) in [6, 6.07) is 14.2. The van der Waals surface area contributed by atoms with Crippen LogP contribution in [0.1, 0.15) is 0 Å². The molecule has 1 N–H and O–H groups in total. The van der Waals surface area contributed by atoms with Gasteiger partial charge >= 0.3 is 10.2 Å². The van der Waals surface area contributed by atoms with Crippen molar-refractivity contribution in [3.63, 3.8) is 0 Å². The molecular formula is C18H19N3O5S. The minimum absolute atomic E-state index is 0.108. The molecule has 2 aliphatic rings. The molecule has 0 spiro atoms. The topological polar surface area (TPSA) is 88.2 Å². The van der Waals surface area contributed by atoms with Crippen LogP contribution in [0.2, 0.25) is 0 Å². The number of rotatable bonds is 4. The zero-order valence-electron chi connectivity index (χ0n) is 14.7. The van der Waals surface area contributed by atoms with E-state index in [2.05, 4.69) is 5.32 Å². The Hall–Kier alpha value is -2.94. The van der Waals surface area contributed by atoms with Crippen LogP contribution >= 0.6 is 0 Å². The van der Waals surface area contributed by atoms with E-state index in [1.54, 1.807) is 42.5 Å². The first-order chi connectivity index (χ1) is 13.0. The Morgan fingerprint density at radius 1 is 1.11 bits per heavy atom. The van der Waals surface area contributed by atoms with Crippen LogP contribution in [0.5, 0.6) is 11.5 Å². The molecule has 9 heteroatoms. The number of benzene rings is 2. The number of nitrogens with one attached hydrogen (secondary N) is 1. The molecule has 2 aliphatic heterocycles. The van der Waals surface area contributed by atoms with Crippen LogP contribution in [-0.2, 0) is 15.0 Å². The second kappa shape index (κ2) is 6.66. The highest BCUT2D eigenvalue weighted by molar-refractivity contribution is 7.94. The Kier molecular flexibility index (Phi) is 4.31. The number of anilines is 2. The maximum Gasteiger partial charge on any atom is 0.326 e. The van der Waals surface area contributed by atoms with Gasteiger partial charge in [-0.2, -0.15) is 8.42 Å². The summed E-state index contributed by atoms with van der Waals surface area (Å²) >= 11 is 0. The number of carbonyl (C=O) groups excluding carboxylic acids is 1. The van der Waals surface area contributed by atoms with Gasteiger partial charge in [0.2, 0.25) is 6.10 Å². The molecular weight excluding hydrogens is 370 g/mol. The number of para-hydroxylation sites is 4. The first-order valence-corrected chi connectivity index (χ1v) is 9.90. The minimum atomic E-state index is -3.63. The van der Waals surface area contributed by atoms with Crippen LogP contribution < -0.4 is 23.4 Å². The van der Waals surface area contributed by atoms with E-state index in [9.17, 15) is 13.2 Å². The van der Waals surface area contributed by atoms with E-state index in [0.717, 1.165) is 0 Å². The van der Waals surface area contributed by atoms with Crippen molar-refractivity contribution in [2.75, 3.05) is 35.4 Å². The first kappa shape index (κ1) is 17.5. The number of hydrogen-bond donors (Lipinski definition) is 1. The van der Waals surface area contributed by atoms with Crippen molar-refractivity contribution in [2.24, 2.45) is 0 Å². The SMILES string of the molecule is CN1c2ccccc2N(CCNC(=O)C2COc3ccccc3O2)S1(=O)=O. The second-order valence-electron chi connectivity index (χ2n) is 6.19. The summed E-state index contributed by atoms with van der Waals surface area (Å²) in [6.45, 7) is 0.387. The molecule has 2 heterocycles. The van der Waals surface area contributed by atoms with Crippen LogP contribution in [0, 0.1) is 0 Å². The highest BCUT2D eigenvalue weighted by atomic mass is 32.2.